The Kier molecular flexibility index (Phi) is 6.76. The van der Waals surface area contributed by atoms with Crippen molar-refractivity contribution in [3.8, 4) is 22.3 Å². The minimum absolute atomic E-state index is 0.0622. The fraction of sp³-hybridized carbons (Fsp3) is 0.231. The Morgan fingerprint density at radius 2 is 1.11 bits per heavy atom. The quantitative estimate of drug-likeness (QED) is 0.182. The third-order valence-corrected chi connectivity index (χ3v) is 13.5. The summed E-state index contributed by atoms with van der Waals surface area (Å²) < 4.78 is 7.11. The summed E-state index contributed by atoms with van der Waals surface area (Å²) in [5.41, 5.74) is 17.5. The highest BCUT2D eigenvalue weighted by molar-refractivity contribution is 6.14. The molecule has 264 valence electrons. The average molecular weight is 700 g/mol. The maximum atomic E-state index is 7.11. The lowest BCUT2D eigenvalue weighted by Crippen LogP contribution is -2.25. The van der Waals surface area contributed by atoms with E-state index in [-0.39, 0.29) is 10.8 Å². The number of furan rings is 1. The predicted octanol–water partition coefficient (Wildman–Crippen LogP) is 14.9. The lowest BCUT2D eigenvalue weighted by atomic mass is 9.67. The van der Waals surface area contributed by atoms with Crippen LogP contribution in [0, 0.1) is 0 Å². The van der Waals surface area contributed by atoms with E-state index in [1.54, 1.807) is 0 Å². The Labute approximate surface area is 318 Å². The van der Waals surface area contributed by atoms with Crippen LogP contribution in [0.1, 0.15) is 93.5 Å². The van der Waals surface area contributed by atoms with Crippen LogP contribution in [-0.4, -0.2) is 0 Å². The van der Waals surface area contributed by atoms with Crippen LogP contribution >= 0.6 is 0 Å². The van der Waals surface area contributed by atoms with Crippen molar-refractivity contribution in [3.05, 3.63) is 161 Å². The lowest BCUT2D eigenvalue weighted by molar-refractivity contribution is 0.442. The smallest absolute Gasteiger partial charge is 0.159 e. The molecule has 0 radical (unpaired) electrons. The summed E-state index contributed by atoms with van der Waals surface area (Å²) in [6.07, 6.45) is 6.43. The summed E-state index contributed by atoms with van der Waals surface area (Å²) in [5, 5.41) is 5.00. The van der Waals surface area contributed by atoms with Gasteiger partial charge in [-0.3, -0.25) is 0 Å². The Bertz CT molecular complexity index is 2810. The fourth-order valence-electron chi connectivity index (χ4n) is 10.7. The molecule has 8 aromatic rings. The first-order valence-electron chi connectivity index (χ1n) is 20.0. The van der Waals surface area contributed by atoms with Gasteiger partial charge in [0.25, 0.3) is 0 Å². The molecule has 1 heterocycles. The number of fused-ring (bicyclic) bond motifs is 8. The number of nitrogens with zero attached hydrogens (tertiary/aromatic N) is 1. The van der Waals surface area contributed by atoms with Gasteiger partial charge in [-0.15, -0.1) is 0 Å². The second kappa shape index (κ2) is 11.5. The number of rotatable bonds is 4. The van der Waals surface area contributed by atoms with E-state index in [0.29, 0.717) is 5.92 Å². The van der Waals surface area contributed by atoms with Gasteiger partial charge in [-0.05, 0) is 111 Å². The molecule has 0 aliphatic heterocycles. The van der Waals surface area contributed by atoms with Crippen molar-refractivity contribution in [2.24, 2.45) is 0 Å². The van der Waals surface area contributed by atoms with Crippen molar-refractivity contribution < 1.29 is 4.42 Å². The highest BCUT2D eigenvalue weighted by Crippen LogP contribution is 2.57. The maximum absolute atomic E-state index is 7.11. The van der Waals surface area contributed by atoms with Crippen LogP contribution in [0.4, 0.5) is 17.1 Å². The molecular weight excluding hydrogens is 655 g/mol. The summed E-state index contributed by atoms with van der Waals surface area (Å²) in [5.74, 6) is 0.560. The molecule has 1 fully saturated rings. The van der Waals surface area contributed by atoms with Gasteiger partial charge >= 0.3 is 0 Å². The van der Waals surface area contributed by atoms with Gasteiger partial charge in [-0.2, -0.15) is 0 Å². The van der Waals surface area contributed by atoms with Crippen molar-refractivity contribution in [1.82, 2.24) is 0 Å². The minimum Gasteiger partial charge on any atom is -0.454 e. The molecule has 0 spiro atoms. The zero-order chi connectivity index (χ0) is 36.3. The van der Waals surface area contributed by atoms with Crippen molar-refractivity contribution in [2.45, 2.75) is 76.5 Å². The highest BCUT2D eigenvalue weighted by Gasteiger charge is 2.40. The van der Waals surface area contributed by atoms with Gasteiger partial charge in [0.2, 0.25) is 0 Å². The van der Waals surface area contributed by atoms with Crippen molar-refractivity contribution in [2.75, 3.05) is 4.90 Å². The van der Waals surface area contributed by atoms with Crippen molar-refractivity contribution >= 4 is 49.8 Å². The Morgan fingerprint density at radius 1 is 0.481 bits per heavy atom. The van der Waals surface area contributed by atoms with E-state index in [1.807, 2.05) is 0 Å². The molecule has 0 unspecified atom stereocenters. The molecule has 2 heteroatoms. The third kappa shape index (κ3) is 4.34. The number of para-hydroxylation sites is 3. The monoisotopic (exact) mass is 699 g/mol. The topological polar surface area (TPSA) is 16.4 Å². The Morgan fingerprint density at radius 3 is 1.91 bits per heavy atom. The van der Waals surface area contributed by atoms with Crippen LogP contribution in [0.5, 0.6) is 0 Å². The SMILES string of the molecule is CC1(C)c2ccccc2-c2cc3c(cc21)-c1ccc(N(c2ccccc2)c2cccc4c2oc2c(C5CCCCC5)cccc24)c2cccc(c12)C3(C)C. The molecule has 0 bridgehead atoms. The fourth-order valence-corrected chi connectivity index (χ4v) is 10.7. The van der Waals surface area contributed by atoms with E-state index in [2.05, 4.69) is 166 Å². The lowest BCUT2D eigenvalue weighted by Gasteiger charge is -2.37. The predicted molar refractivity (Wildman–Crippen MR) is 227 cm³/mol. The molecule has 3 aliphatic carbocycles. The normalized spacial score (nSPS) is 16.7. The molecule has 2 nitrogen and oxygen atoms in total. The first kappa shape index (κ1) is 31.9. The third-order valence-electron chi connectivity index (χ3n) is 13.5. The minimum atomic E-state index is -0.191. The molecule has 0 N–H and O–H groups in total. The molecule has 0 amide bonds. The highest BCUT2D eigenvalue weighted by atomic mass is 16.3. The molecule has 54 heavy (non-hydrogen) atoms. The first-order valence-corrected chi connectivity index (χ1v) is 20.0. The van der Waals surface area contributed by atoms with Gasteiger partial charge in [0.05, 0.1) is 11.4 Å². The molecular formula is C52H45NO. The van der Waals surface area contributed by atoms with E-state index in [0.717, 1.165) is 28.2 Å². The van der Waals surface area contributed by atoms with Crippen LogP contribution in [0.25, 0.3) is 55.0 Å². The van der Waals surface area contributed by atoms with Crippen LogP contribution in [0.3, 0.4) is 0 Å². The Hall–Kier alpha value is -5.60. The van der Waals surface area contributed by atoms with Crippen molar-refractivity contribution in [3.63, 3.8) is 0 Å². The van der Waals surface area contributed by atoms with Crippen LogP contribution in [0.2, 0.25) is 0 Å². The van der Waals surface area contributed by atoms with Gasteiger partial charge in [0.1, 0.15) is 5.58 Å². The summed E-state index contributed by atoms with van der Waals surface area (Å²) in [4.78, 5) is 2.44. The molecule has 1 saturated carbocycles. The molecule has 11 rings (SSSR count). The van der Waals surface area contributed by atoms with Gasteiger partial charge in [0.15, 0.2) is 5.58 Å². The summed E-state index contributed by atoms with van der Waals surface area (Å²) in [6.45, 7) is 9.61. The van der Waals surface area contributed by atoms with E-state index in [9.17, 15) is 0 Å². The van der Waals surface area contributed by atoms with Crippen LogP contribution in [-0.2, 0) is 10.8 Å². The molecule has 7 aromatic carbocycles. The van der Waals surface area contributed by atoms with Crippen LogP contribution < -0.4 is 4.90 Å². The number of hydrogen-bond acceptors (Lipinski definition) is 2. The van der Waals surface area contributed by atoms with E-state index >= 15 is 0 Å². The van der Waals surface area contributed by atoms with Crippen molar-refractivity contribution in [1.29, 1.82) is 0 Å². The molecule has 0 saturated heterocycles. The molecule has 3 aliphatic rings. The summed E-state index contributed by atoms with van der Waals surface area (Å²) >= 11 is 0. The van der Waals surface area contributed by atoms with Crippen LogP contribution in [0.15, 0.2) is 138 Å². The number of hydrogen-bond donors (Lipinski definition) is 0. The molecule has 1 aromatic heterocycles. The largest absolute Gasteiger partial charge is 0.454 e. The van der Waals surface area contributed by atoms with E-state index < -0.39 is 0 Å². The average Bonchev–Trinajstić information content (AvgIpc) is 3.70. The zero-order valence-corrected chi connectivity index (χ0v) is 31.7. The first-order chi connectivity index (χ1) is 26.3. The summed E-state index contributed by atoms with van der Waals surface area (Å²) in [6, 6.07) is 50.1. The Balaban J connectivity index is 1.15. The standard InChI is InChI=1S/C52H45NO/c1-51(2)42-25-12-11-20-35(42)40-30-45-41(31-44(40)51)36-28-29-46(39-24-14-26-43(48(36)39)52(45,3)4)53(33-18-9-6-10-19-33)47-27-15-23-38-37-22-13-21-34(49(37)54-50(38)47)32-16-7-5-8-17-32/h6,9-15,18-32H,5,7-8,16-17H2,1-4H3. The second-order valence-electron chi connectivity index (χ2n) is 17.1. The van der Waals surface area contributed by atoms with Gasteiger partial charge in [-0.1, -0.05) is 144 Å². The second-order valence-corrected chi connectivity index (χ2v) is 17.1. The van der Waals surface area contributed by atoms with E-state index in [1.165, 1.54) is 104 Å². The molecule has 0 atom stereocenters. The van der Waals surface area contributed by atoms with Gasteiger partial charge in [-0.25, -0.2) is 0 Å². The maximum Gasteiger partial charge on any atom is 0.159 e. The van der Waals surface area contributed by atoms with E-state index in [4.69, 9.17) is 4.42 Å². The summed E-state index contributed by atoms with van der Waals surface area (Å²) in [7, 11) is 0. The van der Waals surface area contributed by atoms with Gasteiger partial charge < -0.3 is 9.32 Å². The van der Waals surface area contributed by atoms with Gasteiger partial charge in [0, 0.05) is 32.7 Å². The zero-order valence-electron chi connectivity index (χ0n) is 31.7. The number of benzene rings is 7. The number of anilines is 3.